The molecule has 1 N–H and O–H groups in total. The summed E-state index contributed by atoms with van der Waals surface area (Å²) in [5.74, 6) is 0. The van der Waals surface area contributed by atoms with Crippen molar-refractivity contribution < 1.29 is 4.92 Å². The van der Waals surface area contributed by atoms with Crippen molar-refractivity contribution in [3.63, 3.8) is 0 Å². The van der Waals surface area contributed by atoms with E-state index in [0.29, 0.717) is 5.69 Å². The summed E-state index contributed by atoms with van der Waals surface area (Å²) < 4.78 is 1.04. The minimum atomic E-state index is -1.01. The fraction of sp³-hybridized carbons (Fsp3) is 0.182. The molecule has 0 saturated heterocycles. The highest BCUT2D eigenvalue weighted by molar-refractivity contribution is 5.21. The maximum atomic E-state index is 11.6. The molecule has 0 aliphatic heterocycles. The molecule has 0 aliphatic carbocycles. The Bertz CT molecular complexity index is 747. The Labute approximate surface area is 106 Å². The predicted octanol–water partition coefficient (Wildman–Crippen LogP) is 0.197. The molecular formula is C11H10N4O4. The van der Waals surface area contributed by atoms with E-state index in [4.69, 9.17) is 0 Å². The minimum Gasteiger partial charge on any atom is -0.288 e. The summed E-state index contributed by atoms with van der Waals surface area (Å²) in [6.07, 6.45) is 0.922. The van der Waals surface area contributed by atoms with Crippen LogP contribution in [0.2, 0.25) is 0 Å². The molecule has 2 heterocycles. The second-order valence-corrected chi connectivity index (χ2v) is 3.93. The molecule has 0 fully saturated rings. The highest BCUT2D eigenvalue weighted by Crippen LogP contribution is 2.03. The molecule has 0 aliphatic rings. The van der Waals surface area contributed by atoms with Crippen LogP contribution in [0.5, 0.6) is 0 Å². The Morgan fingerprint density at radius 1 is 1.42 bits per heavy atom. The van der Waals surface area contributed by atoms with Gasteiger partial charge in [0, 0.05) is 5.69 Å². The van der Waals surface area contributed by atoms with Crippen molar-refractivity contribution in [2.75, 3.05) is 0 Å². The molecule has 0 spiro atoms. The zero-order chi connectivity index (χ0) is 14.0. The number of aromatic amines is 1. The lowest BCUT2D eigenvalue weighted by Gasteiger charge is -2.04. The molecule has 8 heteroatoms. The van der Waals surface area contributed by atoms with E-state index in [2.05, 4.69) is 4.98 Å². The van der Waals surface area contributed by atoms with E-state index in [-0.39, 0.29) is 6.54 Å². The van der Waals surface area contributed by atoms with Crippen LogP contribution in [0.15, 0.2) is 34.0 Å². The Morgan fingerprint density at radius 3 is 2.79 bits per heavy atom. The van der Waals surface area contributed by atoms with E-state index in [0.717, 1.165) is 16.5 Å². The summed E-state index contributed by atoms with van der Waals surface area (Å²) in [4.78, 5) is 38.7. The van der Waals surface area contributed by atoms with Gasteiger partial charge >= 0.3 is 16.9 Å². The van der Waals surface area contributed by atoms with Gasteiger partial charge in [0.25, 0.3) is 0 Å². The molecule has 98 valence electrons. The lowest BCUT2D eigenvalue weighted by atomic mass is 10.3. The normalized spacial score (nSPS) is 10.4. The first-order valence-electron chi connectivity index (χ1n) is 5.38. The summed E-state index contributed by atoms with van der Waals surface area (Å²) in [5.41, 5.74) is -1.05. The van der Waals surface area contributed by atoms with Crippen molar-refractivity contribution in [1.82, 2.24) is 14.5 Å². The monoisotopic (exact) mass is 262 g/mol. The van der Waals surface area contributed by atoms with Crippen molar-refractivity contribution in [2.24, 2.45) is 0 Å². The lowest BCUT2D eigenvalue weighted by Crippen LogP contribution is -2.31. The van der Waals surface area contributed by atoms with Gasteiger partial charge in [-0.25, -0.2) is 4.79 Å². The molecule has 0 saturated carbocycles. The molecule has 19 heavy (non-hydrogen) atoms. The van der Waals surface area contributed by atoms with E-state index in [1.165, 1.54) is 0 Å². The molecule has 0 atom stereocenters. The number of rotatable bonds is 3. The third-order valence-electron chi connectivity index (χ3n) is 2.47. The Morgan fingerprint density at radius 2 is 2.16 bits per heavy atom. The quantitative estimate of drug-likeness (QED) is 0.627. The topological polar surface area (TPSA) is 111 Å². The van der Waals surface area contributed by atoms with Crippen LogP contribution in [0.4, 0.5) is 5.69 Å². The van der Waals surface area contributed by atoms with Crippen LogP contribution in [0.3, 0.4) is 0 Å². The highest BCUT2D eigenvalue weighted by atomic mass is 16.6. The fourth-order valence-corrected chi connectivity index (χ4v) is 1.61. The Hall–Kier alpha value is -2.77. The van der Waals surface area contributed by atoms with Crippen molar-refractivity contribution in [3.8, 4) is 0 Å². The van der Waals surface area contributed by atoms with Gasteiger partial charge in [-0.1, -0.05) is 6.07 Å². The van der Waals surface area contributed by atoms with E-state index in [1.807, 2.05) is 4.98 Å². The van der Waals surface area contributed by atoms with Gasteiger partial charge in [-0.2, -0.15) is 0 Å². The standard InChI is InChI=1S/C11H10N4O4/c1-7-3-2-4-8(12-7)5-14-6-9(15(18)19)10(16)13-11(14)17/h2-4,6H,5H2,1H3,(H,13,16,17). The van der Waals surface area contributed by atoms with Crippen LogP contribution >= 0.6 is 0 Å². The SMILES string of the molecule is Cc1cccc(Cn2cc([N+](=O)[O-])c(=O)[nH]c2=O)n1. The Balaban J connectivity index is 2.46. The number of nitrogens with one attached hydrogen (secondary N) is 1. The van der Waals surface area contributed by atoms with Gasteiger partial charge in [0.1, 0.15) is 0 Å². The number of H-pyrrole nitrogens is 1. The van der Waals surface area contributed by atoms with Gasteiger partial charge in [-0.3, -0.25) is 29.4 Å². The first-order valence-corrected chi connectivity index (χ1v) is 5.38. The first kappa shape index (κ1) is 12.7. The molecule has 8 nitrogen and oxygen atoms in total. The van der Waals surface area contributed by atoms with Crippen molar-refractivity contribution in [1.29, 1.82) is 0 Å². The molecule has 2 aromatic rings. The summed E-state index contributed by atoms with van der Waals surface area (Å²) in [5, 5.41) is 10.6. The Kier molecular flexibility index (Phi) is 3.23. The molecule has 0 bridgehead atoms. The van der Waals surface area contributed by atoms with Crippen molar-refractivity contribution >= 4 is 5.69 Å². The zero-order valence-corrected chi connectivity index (χ0v) is 9.99. The first-order chi connectivity index (χ1) is 8.97. The van der Waals surface area contributed by atoms with Crippen LogP contribution in [0, 0.1) is 17.0 Å². The smallest absolute Gasteiger partial charge is 0.288 e. The number of hydrogen-bond donors (Lipinski definition) is 1. The van der Waals surface area contributed by atoms with E-state index in [1.54, 1.807) is 25.1 Å². The molecule has 2 aromatic heterocycles. The highest BCUT2D eigenvalue weighted by Gasteiger charge is 2.15. The average molecular weight is 262 g/mol. The third kappa shape index (κ3) is 2.73. The van der Waals surface area contributed by atoms with Gasteiger partial charge in [-0.15, -0.1) is 0 Å². The summed E-state index contributed by atoms with van der Waals surface area (Å²) in [6, 6.07) is 5.25. The number of nitrogens with zero attached hydrogens (tertiary/aromatic N) is 3. The van der Waals surface area contributed by atoms with Crippen LogP contribution in [0.25, 0.3) is 0 Å². The van der Waals surface area contributed by atoms with Crippen molar-refractivity contribution in [2.45, 2.75) is 13.5 Å². The number of nitro groups is 1. The van der Waals surface area contributed by atoms with Crippen LogP contribution in [-0.4, -0.2) is 19.5 Å². The maximum absolute atomic E-state index is 11.6. The van der Waals surface area contributed by atoms with Crippen LogP contribution in [0.1, 0.15) is 11.4 Å². The maximum Gasteiger partial charge on any atom is 0.350 e. The molecule has 0 unspecified atom stereocenters. The summed E-state index contributed by atoms with van der Waals surface area (Å²) in [7, 11) is 0. The van der Waals surface area contributed by atoms with Gasteiger partial charge in [0.2, 0.25) is 0 Å². The zero-order valence-electron chi connectivity index (χ0n) is 9.99. The predicted molar refractivity (Wildman–Crippen MR) is 66.1 cm³/mol. The van der Waals surface area contributed by atoms with E-state index < -0.39 is 21.9 Å². The van der Waals surface area contributed by atoms with Gasteiger partial charge < -0.3 is 0 Å². The summed E-state index contributed by atoms with van der Waals surface area (Å²) >= 11 is 0. The molecule has 0 aromatic carbocycles. The largest absolute Gasteiger partial charge is 0.350 e. The number of aryl methyl sites for hydroxylation is 1. The summed E-state index contributed by atoms with van der Waals surface area (Å²) in [6.45, 7) is 1.85. The molecular weight excluding hydrogens is 252 g/mol. The molecule has 2 rings (SSSR count). The number of hydrogen-bond acceptors (Lipinski definition) is 5. The van der Waals surface area contributed by atoms with E-state index in [9.17, 15) is 19.7 Å². The fourth-order valence-electron chi connectivity index (χ4n) is 1.61. The van der Waals surface area contributed by atoms with Crippen molar-refractivity contribution in [3.05, 3.63) is 66.7 Å². The van der Waals surface area contributed by atoms with Crippen LogP contribution in [-0.2, 0) is 6.54 Å². The van der Waals surface area contributed by atoms with Gasteiger partial charge in [0.05, 0.1) is 23.4 Å². The number of pyridine rings is 1. The average Bonchev–Trinajstić information content (AvgIpc) is 2.32. The lowest BCUT2D eigenvalue weighted by molar-refractivity contribution is -0.386. The third-order valence-corrected chi connectivity index (χ3v) is 2.47. The molecule has 0 radical (unpaired) electrons. The van der Waals surface area contributed by atoms with Gasteiger partial charge in [-0.05, 0) is 19.1 Å². The number of aromatic nitrogens is 3. The molecule has 0 amide bonds. The van der Waals surface area contributed by atoms with E-state index >= 15 is 0 Å². The van der Waals surface area contributed by atoms with Crippen LogP contribution < -0.4 is 11.2 Å². The van der Waals surface area contributed by atoms with Gasteiger partial charge in [0.15, 0.2) is 0 Å². The second kappa shape index (κ2) is 4.84. The minimum absolute atomic E-state index is 0.0537. The second-order valence-electron chi connectivity index (χ2n) is 3.93.